The number of hydrogen-bond acceptors (Lipinski definition) is 3. The van der Waals surface area contributed by atoms with E-state index in [1.54, 1.807) is 7.11 Å². The fourth-order valence-electron chi connectivity index (χ4n) is 1.67. The Morgan fingerprint density at radius 1 is 1.33 bits per heavy atom. The molecule has 0 saturated heterocycles. The van der Waals surface area contributed by atoms with E-state index in [0.29, 0.717) is 6.54 Å². The molecule has 0 radical (unpaired) electrons. The Bertz CT molecular complexity index is 264. The zero-order chi connectivity index (χ0) is 11.1. The SMILES string of the molecule is COC(c1ccccc1)C(C)NCCO. The molecule has 0 aliphatic rings. The minimum absolute atomic E-state index is 0.0257. The molecule has 0 bridgehead atoms. The third-order valence-electron chi connectivity index (χ3n) is 2.41. The normalized spacial score (nSPS) is 14.9. The van der Waals surface area contributed by atoms with Crippen molar-refractivity contribution in [2.24, 2.45) is 0 Å². The van der Waals surface area contributed by atoms with Crippen molar-refractivity contribution in [2.75, 3.05) is 20.3 Å². The first-order chi connectivity index (χ1) is 7.29. The van der Waals surface area contributed by atoms with Crippen LogP contribution in [0.3, 0.4) is 0 Å². The van der Waals surface area contributed by atoms with Crippen LogP contribution in [0.25, 0.3) is 0 Å². The maximum Gasteiger partial charge on any atom is 0.0971 e. The summed E-state index contributed by atoms with van der Waals surface area (Å²) >= 11 is 0. The van der Waals surface area contributed by atoms with E-state index in [4.69, 9.17) is 9.84 Å². The second kappa shape index (κ2) is 6.56. The van der Waals surface area contributed by atoms with Gasteiger partial charge in [-0.2, -0.15) is 0 Å². The molecule has 0 fully saturated rings. The van der Waals surface area contributed by atoms with Gasteiger partial charge in [0.05, 0.1) is 12.7 Å². The van der Waals surface area contributed by atoms with Gasteiger partial charge in [-0.05, 0) is 12.5 Å². The Labute approximate surface area is 91.1 Å². The highest BCUT2D eigenvalue weighted by Crippen LogP contribution is 2.19. The number of methoxy groups -OCH3 is 1. The van der Waals surface area contributed by atoms with E-state index in [0.717, 1.165) is 5.56 Å². The predicted octanol–water partition coefficient (Wildman–Crippen LogP) is 1.34. The number of aliphatic hydroxyl groups excluding tert-OH is 1. The molecule has 0 aliphatic heterocycles. The fraction of sp³-hybridized carbons (Fsp3) is 0.500. The van der Waals surface area contributed by atoms with Crippen LogP contribution in [-0.2, 0) is 4.74 Å². The van der Waals surface area contributed by atoms with Crippen molar-refractivity contribution in [1.82, 2.24) is 5.32 Å². The van der Waals surface area contributed by atoms with Gasteiger partial charge >= 0.3 is 0 Å². The highest BCUT2D eigenvalue weighted by atomic mass is 16.5. The Hall–Kier alpha value is -0.900. The van der Waals surface area contributed by atoms with Crippen molar-refractivity contribution < 1.29 is 9.84 Å². The second-order valence-electron chi connectivity index (χ2n) is 3.53. The summed E-state index contributed by atoms with van der Waals surface area (Å²) in [7, 11) is 1.70. The first-order valence-corrected chi connectivity index (χ1v) is 5.21. The van der Waals surface area contributed by atoms with E-state index in [1.807, 2.05) is 30.3 Å². The van der Waals surface area contributed by atoms with Gasteiger partial charge < -0.3 is 15.2 Å². The minimum atomic E-state index is 0.0257. The van der Waals surface area contributed by atoms with Gasteiger partial charge in [-0.25, -0.2) is 0 Å². The summed E-state index contributed by atoms with van der Waals surface area (Å²) in [6.45, 7) is 2.79. The largest absolute Gasteiger partial charge is 0.395 e. The van der Waals surface area contributed by atoms with E-state index in [9.17, 15) is 0 Å². The predicted molar refractivity (Wildman–Crippen MR) is 60.7 cm³/mol. The summed E-state index contributed by atoms with van der Waals surface area (Å²) in [5.74, 6) is 0. The smallest absolute Gasteiger partial charge is 0.0971 e. The summed E-state index contributed by atoms with van der Waals surface area (Å²) in [4.78, 5) is 0. The van der Waals surface area contributed by atoms with Crippen LogP contribution in [0.1, 0.15) is 18.6 Å². The highest BCUT2D eigenvalue weighted by molar-refractivity contribution is 5.18. The first-order valence-electron chi connectivity index (χ1n) is 5.21. The van der Waals surface area contributed by atoms with Gasteiger partial charge in [0.2, 0.25) is 0 Å². The Morgan fingerprint density at radius 3 is 2.53 bits per heavy atom. The lowest BCUT2D eigenvalue weighted by molar-refractivity contribution is 0.0718. The monoisotopic (exact) mass is 209 g/mol. The summed E-state index contributed by atoms with van der Waals surface area (Å²) in [5, 5.41) is 11.9. The van der Waals surface area contributed by atoms with Crippen LogP contribution < -0.4 is 5.32 Å². The van der Waals surface area contributed by atoms with Gasteiger partial charge in [-0.1, -0.05) is 30.3 Å². The number of aliphatic hydroxyl groups is 1. The topological polar surface area (TPSA) is 41.5 Å². The van der Waals surface area contributed by atoms with Crippen LogP contribution in [0.2, 0.25) is 0 Å². The molecule has 2 N–H and O–H groups in total. The van der Waals surface area contributed by atoms with Gasteiger partial charge in [0, 0.05) is 19.7 Å². The van der Waals surface area contributed by atoms with Crippen LogP contribution in [0.15, 0.2) is 30.3 Å². The third kappa shape index (κ3) is 3.63. The second-order valence-corrected chi connectivity index (χ2v) is 3.53. The Kier molecular flexibility index (Phi) is 5.32. The minimum Gasteiger partial charge on any atom is -0.395 e. The quantitative estimate of drug-likeness (QED) is 0.743. The molecule has 0 saturated carbocycles. The van der Waals surface area contributed by atoms with Crippen LogP contribution in [-0.4, -0.2) is 31.4 Å². The van der Waals surface area contributed by atoms with Crippen LogP contribution in [0.4, 0.5) is 0 Å². The molecule has 1 aromatic carbocycles. The molecule has 0 aliphatic carbocycles. The van der Waals surface area contributed by atoms with Crippen molar-refractivity contribution in [2.45, 2.75) is 19.1 Å². The van der Waals surface area contributed by atoms with Crippen molar-refractivity contribution in [1.29, 1.82) is 0 Å². The van der Waals surface area contributed by atoms with E-state index in [-0.39, 0.29) is 18.8 Å². The number of rotatable bonds is 6. The molecule has 0 heterocycles. The van der Waals surface area contributed by atoms with Crippen molar-refractivity contribution in [3.63, 3.8) is 0 Å². The van der Waals surface area contributed by atoms with Gasteiger partial charge in [0.1, 0.15) is 0 Å². The third-order valence-corrected chi connectivity index (χ3v) is 2.41. The lowest BCUT2D eigenvalue weighted by atomic mass is 10.0. The summed E-state index contributed by atoms with van der Waals surface area (Å²) in [6.07, 6.45) is 0.0257. The molecule has 3 nitrogen and oxygen atoms in total. The number of benzene rings is 1. The average molecular weight is 209 g/mol. The lowest BCUT2D eigenvalue weighted by Crippen LogP contribution is -2.34. The van der Waals surface area contributed by atoms with Gasteiger partial charge in [-0.3, -0.25) is 0 Å². The molecule has 2 unspecified atom stereocenters. The number of ether oxygens (including phenoxy) is 1. The van der Waals surface area contributed by atoms with Crippen molar-refractivity contribution in [3.8, 4) is 0 Å². The van der Waals surface area contributed by atoms with E-state index in [2.05, 4.69) is 12.2 Å². The maximum absolute atomic E-state index is 8.74. The fourth-order valence-corrected chi connectivity index (χ4v) is 1.67. The Morgan fingerprint density at radius 2 is 2.00 bits per heavy atom. The van der Waals surface area contributed by atoms with E-state index < -0.39 is 0 Å². The molecule has 84 valence electrons. The van der Waals surface area contributed by atoms with Crippen molar-refractivity contribution >= 4 is 0 Å². The number of hydrogen-bond donors (Lipinski definition) is 2. The zero-order valence-corrected chi connectivity index (χ0v) is 9.31. The van der Waals surface area contributed by atoms with E-state index in [1.165, 1.54) is 0 Å². The molecule has 2 atom stereocenters. The number of nitrogens with one attached hydrogen (secondary N) is 1. The molecule has 1 rings (SSSR count). The first kappa shape index (κ1) is 12.2. The van der Waals surface area contributed by atoms with Gasteiger partial charge in [-0.15, -0.1) is 0 Å². The standard InChI is InChI=1S/C12H19NO2/c1-10(13-8-9-14)12(15-2)11-6-4-3-5-7-11/h3-7,10,12-14H,8-9H2,1-2H3. The molecule has 0 spiro atoms. The molecule has 15 heavy (non-hydrogen) atoms. The van der Waals surface area contributed by atoms with Crippen LogP contribution in [0.5, 0.6) is 0 Å². The summed E-state index contributed by atoms with van der Waals surface area (Å²) in [5.41, 5.74) is 1.15. The van der Waals surface area contributed by atoms with Crippen molar-refractivity contribution in [3.05, 3.63) is 35.9 Å². The molecule has 0 amide bonds. The molecular formula is C12H19NO2. The van der Waals surface area contributed by atoms with Crippen LogP contribution >= 0.6 is 0 Å². The molecule has 3 heteroatoms. The molecule has 1 aromatic rings. The average Bonchev–Trinajstić information content (AvgIpc) is 2.29. The van der Waals surface area contributed by atoms with Gasteiger partial charge in [0.15, 0.2) is 0 Å². The van der Waals surface area contributed by atoms with Gasteiger partial charge in [0.25, 0.3) is 0 Å². The van der Waals surface area contributed by atoms with Crippen LogP contribution in [0, 0.1) is 0 Å². The highest BCUT2D eigenvalue weighted by Gasteiger charge is 2.17. The summed E-state index contributed by atoms with van der Waals surface area (Å²) < 4.78 is 5.45. The Balaban J connectivity index is 2.63. The zero-order valence-electron chi connectivity index (χ0n) is 9.31. The lowest BCUT2D eigenvalue weighted by Gasteiger charge is -2.23. The summed E-state index contributed by atoms with van der Waals surface area (Å²) in [6, 6.07) is 10.3. The molecule has 0 aromatic heterocycles. The van der Waals surface area contributed by atoms with E-state index >= 15 is 0 Å². The maximum atomic E-state index is 8.74. The molecular weight excluding hydrogens is 190 g/mol.